The SMILES string of the molecule is CS(=O)N1CCC2(CCNCC2)C1.N#Cc1cc2c(Br)c(NC3CCCCC3)ncc2o1. The molecule has 1 aliphatic carbocycles. The van der Waals surface area contributed by atoms with Gasteiger partial charge in [0.15, 0.2) is 5.58 Å². The molecule has 2 N–H and O–H groups in total. The van der Waals surface area contributed by atoms with Crippen molar-refractivity contribution in [1.29, 1.82) is 5.26 Å². The van der Waals surface area contributed by atoms with E-state index in [9.17, 15) is 4.21 Å². The summed E-state index contributed by atoms with van der Waals surface area (Å²) in [6.07, 6.45) is 13.5. The van der Waals surface area contributed by atoms with Gasteiger partial charge in [0, 0.05) is 36.8 Å². The maximum atomic E-state index is 11.3. The van der Waals surface area contributed by atoms with Gasteiger partial charge in [0.2, 0.25) is 5.76 Å². The van der Waals surface area contributed by atoms with E-state index in [0.29, 0.717) is 22.8 Å². The van der Waals surface area contributed by atoms with Crippen molar-refractivity contribution in [3.63, 3.8) is 0 Å². The fourth-order valence-electron chi connectivity index (χ4n) is 5.05. The largest absolute Gasteiger partial charge is 0.444 e. The lowest BCUT2D eigenvalue weighted by atomic mass is 9.78. The van der Waals surface area contributed by atoms with Crippen LogP contribution in [0.2, 0.25) is 0 Å². The van der Waals surface area contributed by atoms with Crippen LogP contribution in [-0.2, 0) is 11.0 Å². The summed E-state index contributed by atoms with van der Waals surface area (Å²) < 4.78 is 19.6. The molecule has 1 saturated carbocycles. The first-order valence-electron chi connectivity index (χ1n) is 11.5. The lowest BCUT2D eigenvalue weighted by Gasteiger charge is -2.33. The van der Waals surface area contributed by atoms with E-state index in [1.54, 1.807) is 18.5 Å². The zero-order valence-electron chi connectivity index (χ0n) is 18.7. The predicted molar refractivity (Wildman–Crippen MR) is 132 cm³/mol. The lowest BCUT2D eigenvalue weighted by Crippen LogP contribution is -2.38. The summed E-state index contributed by atoms with van der Waals surface area (Å²) in [5.74, 6) is 1.15. The van der Waals surface area contributed by atoms with E-state index in [0.717, 1.165) is 41.9 Å². The minimum Gasteiger partial charge on any atom is -0.444 e. The maximum absolute atomic E-state index is 11.3. The number of nitrogens with one attached hydrogen (secondary N) is 2. The summed E-state index contributed by atoms with van der Waals surface area (Å²) in [6.45, 7) is 4.37. The Morgan fingerprint density at radius 3 is 2.72 bits per heavy atom. The van der Waals surface area contributed by atoms with Crippen LogP contribution in [0.4, 0.5) is 5.82 Å². The topological polar surface area (TPSA) is 94.2 Å². The molecule has 4 heterocycles. The Hall–Kier alpha value is -1.47. The van der Waals surface area contributed by atoms with E-state index >= 15 is 0 Å². The Bertz CT molecular complexity index is 992. The molecule has 5 rings (SSSR count). The van der Waals surface area contributed by atoms with Crippen LogP contribution in [0.5, 0.6) is 0 Å². The minimum atomic E-state index is -0.756. The van der Waals surface area contributed by atoms with Gasteiger partial charge < -0.3 is 15.1 Å². The zero-order chi connectivity index (χ0) is 22.6. The molecular weight excluding hydrogens is 490 g/mol. The number of hydrogen-bond acceptors (Lipinski definition) is 6. The molecule has 3 aliphatic rings. The number of halogens is 1. The molecule has 1 spiro atoms. The van der Waals surface area contributed by atoms with Crippen LogP contribution in [0.25, 0.3) is 11.0 Å². The summed E-state index contributed by atoms with van der Waals surface area (Å²) in [5.41, 5.74) is 1.13. The van der Waals surface area contributed by atoms with Gasteiger partial charge in [-0.15, -0.1) is 0 Å². The van der Waals surface area contributed by atoms with Crippen molar-refractivity contribution in [1.82, 2.24) is 14.6 Å². The molecule has 174 valence electrons. The van der Waals surface area contributed by atoms with Gasteiger partial charge in [0.1, 0.15) is 11.9 Å². The normalized spacial score (nSPS) is 22.3. The molecule has 32 heavy (non-hydrogen) atoms. The molecule has 0 radical (unpaired) electrons. The molecule has 3 fully saturated rings. The molecule has 0 aromatic carbocycles. The second-order valence-electron chi connectivity index (χ2n) is 9.19. The molecule has 9 heteroatoms. The Morgan fingerprint density at radius 1 is 1.31 bits per heavy atom. The van der Waals surface area contributed by atoms with Gasteiger partial charge in [-0.1, -0.05) is 19.3 Å². The Labute approximate surface area is 201 Å². The minimum absolute atomic E-state index is 0.312. The number of fused-ring (bicyclic) bond motifs is 1. The molecule has 2 aromatic heterocycles. The van der Waals surface area contributed by atoms with Crippen molar-refractivity contribution in [2.75, 3.05) is 37.8 Å². The van der Waals surface area contributed by atoms with Crippen molar-refractivity contribution >= 4 is 43.7 Å². The molecule has 7 nitrogen and oxygen atoms in total. The highest BCUT2D eigenvalue weighted by molar-refractivity contribution is 9.10. The molecular formula is C23H32BrN5O2S. The number of nitriles is 1. The zero-order valence-corrected chi connectivity index (χ0v) is 21.1. The van der Waals surface area contributed by atoms with E-state index in [1.807, 2.05) is 6.07 Å². The van der Waals surface area contributed by atoms with Crippen LogP contribution in [0.1, 0.15) is 57.1 Å². The fourth-order valence-corrected chi connectivity index (χ4v) is 6.39. The van der Waals surface area contributed by atoms with E-state index < -0.39 is 11.0 Å². The standard InChI is InChI=1S/C14H14BrN3O.C9H18N2OS/c15-13-11-6-10(7-16)19-12(11)8-17-14(13)18-9-4-2-1-3-5-9;1-13(12)11-7-4-9(8-11)2-5-10-6-3-9/h6,8-9H,1-5H2,(H,17,18);10H,2-8H2,1H3. The maximum Gasteiger partial charge on any atom is 0.204 e. The number of nitrogens with zero attached hydrogens (tertiary/aromatic N) is 3. The first-order valence-corrected chi connectivity index (χ1v) is 13.8. The van der Waals surface area contributed by atoms with E-state index in [-0.39, 0.29) is 0 Å². The molecule has 2 aromatic rings. The molecule has 2 aliphatic heterocycles. The highest BCUT2D eigenvalue weighted by Crippen LogP contribution is 2.38. The third kappa shape index (κ3) is 5.53. The van der Waals surface area contributed by atoms with Gasteiger partial charge >= 0.3 is 0 Å². The summed E-state index contributed by atoms with van der Waals surface area (Å²) in [6, 6.07) is 4.25. The second kappa shape index (κ2) is 10.6. The van der Waals surface area contributed by atoms with Crippen molar-refractivity contribution in [2.45, 2.75) is 57.4 Å². The first-order chi connectivity index (χ1) is 15.5. The van der Waals surface area contributed by atoms with Gasteiger partial charge in [-0.05, 0) is 66.5 Å². The number of rotatable bonds is 3. The van der Waals surface area contributed by atoms with E-state index in [4.69, 9.17) is 9.68 Å². The molecule has 0 bridgehead atoms. The third-order valence-electron chi connectivity index (χ3n) is 7.00. The van der Waals surface area contributed by atoms with Crippen molar-refractivity contribution in [3.05, 3.63) is 22.5 Å². The number of furan rings is 1. The highest BCUT2D eigenvalue weighted by Gasteiger charge is 2.39. The van der Waals surface area contributed by atoms with Gasteiger partial charge in [-0.25, -0.2) is 13.5 Å². The fraction of sp³-hybridized carbons (Fsp3) is 0.652. The van der Waals surface area contributed by atoms with Crippen molar-refractivity contribution < 1.29 is 8.63 Å². The first kappa shape index (κ1) is 23.7. The van der Waals surface area contributed by atoms with Crippen molar-refractivity contribution in [3.8, 4) is 6.07 Å². The molecule has 1 unspecified atom stereocenters. The smallest absolute Gasteiger partial charge is 0.204 e. The van der Waals surface area contributed by atoms with Crippen LogP contribution in [0.15, 0.2) is 21.2 Å². The third-order valence-corrected chi connectivity index (χ3v) is 8.85. The number of pyridine rings is 1. The molecule has 1 atom stereocenters. The number of anilines is 1. The van der Waals surface area contributed by atoms with Crippen LogP contribution in [-0.4, -0.2) is 52.0 Å². The van der Waals surface area contributed by atoms with Crippen LogP contribution in [0.3, 0.4) is 0 Å². The summed E-state index contributed by atoms with van der Waals surface area (Å²) >= 11 is 3.56. The Kier molecular flexibility index (Phi) is 7.87. The Morgan fingerprint density at radius 2 is 2.06 bits per heavy atom. The number of hydrogen-bond donors (Lipinski definition) is 2. The van der Waals surface area contributed by atoms with Crippen LogP contribution < -0.4 is 10.6 Å². The summed E-state index contributed by atoms with van der Waals surface area (Å²) in [5, 5.41) is 16.6. The predicted octanol–water partition coefficient (Wildman–Crippen LogP) is 4.56. The molecule has 2 saturated heterocycles. The summed E-state index contributed by atoms with van der Waals surface area (Å²) in [4.78, 5) is 4.39. The van der Waals surface area contributed by atoms with Crippen molar-refractivity contribution in [2.24, 2.45) is 5.41 Å². The van der Waals surface area contributed by atoms with Gasteiger partial charge in [-0.3, -0.25) is 0 Å². The average molecular weight is 523 g/mol. The number of aromatic nitrogens is 1. The van der Waals surface area contributed by atoms with Gasteiger partial charge in [-0.2, -0.15) is 5.26 Å². The van der Waals surface area contributed by atoms with Crippen LogP contribution in [0, 0.1) is 16.7 Å². The lowest BCUT2D eigenvalue weighted by molar-refractivity contribution is 0.219. The van der Waals surface area contributed by atoms with Crippen LogP contribution >= 0.6 is 15.9 Å². The van der Waals surface area contributed by atoms with Gasteiger partial charge in [0.25, 0.3) is 0 Å². The molecule has 0 amide bonds. The van der Waals surface area contributed by atoms with E-state index in [2.05, 4.69) is 35.9 Å². The highest BCUT2D eigenvalue weighted by atomic mass is 79.9. The summed E-state index contributed by atoms with van der Waals surface area (Å²) in [7, 11) is -0.756. The second-order valence-corrected chi connectivity index (χ2v) is 11.3. The quantitative estimate of drug-likeness (QED) is 0.614. The van der Waals surface area contributed by atoms with Gasteiger partial charge in [0.05, 0.1) is 21.7 Å². The Balaban J connectivity index is 0.000000165. The average Bonchev–Trinajstić information content (AvgIpc) is 3.42. The van der Waals surface area contributed by atoms with E-state index in [1.165, 1.54) is 51.4 Å². The number of piperidine rings is 1. The monoisotopic (exact) mass is 521 g/mol.